The van der Waals surface area contributed by atoms with E-state index in [2.05, 4.69) is 4.98 Å². The molecule has 29 heavy (non-hydrogen) atoms. The Morgan fingerprint density at radius 2 is 1.72 bits per heavy atom. The van der Waals surface area contributed by atoms with E-state index in [-0.39, 0.29) is 16.9 Å². The van der Waals surface area contributed by atoms with Gasteiger partial charge in [0.25, 0.3) is 5.56 Å². The minimum Gasteiger partial charge on any atom is -0.378 e. The monoisotopic (exact) mass is 397 g/mol. The molecule has 1 aliphatic heterocycles. The Hall–Kier alpha value is -3.20. The lowest BCUT2D eigenvalue weighted by atomic mass is 10.1. The number of hydrogen-bond acceptors (Lipinski definition) is 6. The first-order valence-corrected chi connectivity index (χ1v) is 9.51. The highest BCUT2D eigenvalue weighted by molar-refractivity contribution is 5.99. The van der Waals surface area contributed by atoms with Crippen LogP contribution in [0.25, 0.3) is 11.2 Å². The second kappa shape index (κ2) is 7.32. The summed E-state index contributed by atoms with van der Waals surface area (Å²) in [5.41, 5.74) is 0.141. The van der Waals surface area contributed by atoms with Crippen LogP contribution in [0.3, 0.4) is 0 Å². The number of benzene rings is 1. The van der Waals surface area contributed by atoms with Gasteiger partial charge in [-0.1, -0.05) is 30.3 Å². The molecule has 0 bridgehead atoms. The maximum absolute atomic E-state index is 13.2. The molecule has 1 aliphatic rings. The van der Waals surface area contributed by atoms with Gasteiger partial charge in [-0.2, -0.15) is 4.98 Å². The smallest absolute Gasteiger partial charge is 0.332 e. The Bertz CT molecular complexity index is 1190. The number of fused-ring (bicyclic) bond motifs is 1. The zero-order chi connectivity index (χ0) is 20.7. The zero-order valence-corrected chi connectivity index (χ0v) is 16.7. The number of hydrogen-bond donors (Lipinski definition) is 0. The predicted molar refractivity (Wildman–Crippen MR) is 109 cm³/mol. The summed E-state index contributed by atoms with van der Waals surface area (Å²) in [5.74, 6) is 0.369. The third-order valence-corrected chi connectivity index (χ3v) is 5.39. The van der Waals surface area contributed by atoms with Gasteiger partial charge >= 0.3 is 5.69 Å². The number of Topliss-reactive ketones (excluding diaryl/α,β-unsaturated/α-hetero) is 1. The van der Waals surface area contributed by atoms with Crippen molar-refractivity contribution < 1.29 is 9.53 Å². The molecule has 4 rings (SSSR count). The van der Waals surface area contributed by atoms with Crippen molar-refractivity contribution in [3.05, 3.63) is 56.7 Å². The molecule has 1 fully saturated rings. The average molecular weight is 397 g/mol. The van der Waals surface area contributed by atoms with Crippen LogP contribution in [0.4, 0.5) is 5.95 Å². The third-order valence-electron chi connectivity index (χ3n) is 5.39. The molecule has 9 heteroatoms. The van der Waals surface area contributed by atoms with Crippen molar-refractivity contribution in [2.24, 2.45) is 14.1 Å². The quantitative estimate of drug-likeness (QED) is 0.603. The molecule has 1 atom stereocenters. The number of anilines is 1. The second-order valence-corrected chi connectivity index (χ2v) is 7.17. The van der Waals surface area contributed by atoms with Gasteiger partial charge in [-0.25, -0.2) is 4.79 Å². The van der Waals surface area contributed by atoms with E-state index in [1.165, 1.54) is 11.6 Å². The summed E-state index contributed by atoms with van der Waals surface area (Å²) < 4.78 is 9.48. The molecule has 0 saturated carbocycles. The Labute approximate surface area is 166 Å². The van der Waals surface area contributed by atoms with Crippen molar-refractivity contribution in [2.45, 2.75) is 13.0 Å². The molecule has 1 saturated heterocycles. The molecule has 3 aromatic rings. The summed E-state index contributed by atoms with van der Waals surface area (Å²) in [4.78, 5) is 45.2. The van der Waals surface area contributed by atoms with Crippen LogP contribution in [0.5, 0.6) is 0 Å². The average Bonchev–Trinajstić information content (AvgIpc) is 3.17. The fourth-order valence-electron chi connectivity index (χ4n) is 3.72. The van der Waals surface area contributed by atoms with Crippen molar-refractivity contribution >= 4 is 22.9 Å². The van der Waals surface area contributed by atoms with E-state index in [1.807, 2.05) is 11.0 Å². The molecular formula is C20H23N5O4. The molecule has 0 radical (unpaired) electrons. The summed E-state index contributed by atoms with van der Waals surface area (Å²) >= 11 is 0. The molecule has 0 aliphatic carbocycles. The summed E-state index contributed by atoms with van der Waals surface area (Å²) in [6.45, 7) is 3.99. The molecule has 3 heterocycles. The minimum absolute atomic E-state index is 0.129. The topological polar surface area (TPSA) is 91.4 Å². The van der Waals surface area contributed by atoms with Gasteiger partial charge in [0.2, 0.25) is 5.95 Å². The normalized spacial score (nSPS) is 15.6. The lowest BCUT2D eigenvalue weighted by Gasteiger charge is -2.29. The van der Waals surface area contributed by atoms with Gasteiger partial charge in [-0.3, -0.25) is 23.3 Å². The maximum Gasteiger partial charge on any atom is 0.332 e. The van der Waals surface area contributed by atoms with Crippen molar-refractivity contribution in [1.82, 2.24) is 18.7 Å². The van der Waals surface area contributed by atoms with E-state index >= 15 is 0 Å². The van der Waals surface area contributed by atoms with E-state index in [1.54, 1.807) is 42.8 Å². The summed E-state index contributed by atoms with van der Waals surface area (Å²) in [6, 6.07) is 8.28. The number of ketones is 1. The fourth-order valence-corrected chi connectivity index (χ4v) is 3.72. The first kappa shape index (κ1) is 19.1. The molecule has 9 nitrogen and oxygen atoms in total. The number of nitrogens with zero attached hydrogens (tertiary/aromatic N) is 5. The summed E-state index contributed by atoms with van der Waals surface area (Å²) in [6.07, 6.45) is 0. The number of ether oxygens (including phenoxy) is 1. The van der Waals surface area contributed by atoms with Crippen LogP contribution in [0.1, 0.15) is 23.3 Å². The van der Waals surface area contributed by atoms with Crippen molar-refractivity contribution in [2.75, 3.05) is 31.2 Å². The molecule has 0 amide bonds. The van der Waals surface area contributed by atoms with Gasteiger partial charge in [0.05, 0.1) is 19.3 Å². The van der Waals surface area contributed by atoms with Gasteiger partial charge in [-0.05, 0) is 6.92 Å². The molecule has 0 spiro atoms. The molecule has 0 unspecified atom stereocenters. The largest absolute Gasteiger partial charge is 0.378 e. The lowest BCUT2D eigenvalue weighted by Crippen LogP contribution is -2.39. The lowest BCUT2D eigenvalue weighted by molar-refractivity contribution is 0.0935. The van der Waals surface area contributed by atoms with E-state index in [0.717, 1.165) is 4.57 Å². The second-order valence-electron chi connectivity index (χ2n) is 7.17. The Balaban J connectivity index is 1.98. The van der Waals surface area contributed by atoms with E-state index in [9.17, 15) is 14.4 Å². The van der Waals surface area contributed by atoms with Gasteiger partial charge in [-0.15, -0.1) is 0 Å². The maximum atomic E-state index is 13.2. The van der Waals surface area contributed by atoms with Crippen LogP contribution in [0, 0.1) is 0 Å². The van der Waals surface area contributed by atoms with Crippen LogP contribution in [-0.4, -0.2) is 50.8 Å². The van der Waals surface area contributed by atoms with Crippen LogP contribution < -0.4 is 16.1 Å². The summed E-state index contributed by atoms with van der Waals surface area (Å²) in [5, 5.41) is 0. The van der Waals surface area contributed by atoms with Crippen LogP contribution >= 0.6 is 0 Å². The highest BCUT2D eigenvalue weighted by Crippen LogP contribution is 2.27. The number of carbonyl (C=O) groups excluding carboxylic acids is 1. The van der Waals surface area contributed by atoms with Crippen molar-refractivity contribution in [3.63, 3.8) is 0 Å². The third kappa shape index (κ3) is 3.07. The molecular weight excluding hydrogens is 374 g/mol. The number of aryl methyl sites for hydroxylation is 1. The Morgan fingerprint density at radius 3 is 2.38 bits per heavy atom. The van der Waals surface area contributed by atoms with E-state index < -0.39 is 17.3 Å². The molecule has 152 valence electrons. The standard InChI is InChI=1S/C20H23N5O4/c1-13(16(26)14-7-5-4-6-8-14)25-15-17(22(2)20(28)23(3)18(15)27)21-19(25)24-9-11-29-12-10-24/h4-8,13H,9-12H2,1-3H3/t13-/m1/s1. The van der Waals surface area contributed by atoms with Crippen molar-refractivity contribution in [3.8, 4) is 0 Å². The number of aromatic nitrogens is 4. The zero-order valence-electron chi connectivity index (χ0n) is 16.7. The van der Waals surface area contributed by atoms with Crippen LogP contribution in [0.2, 0.25) is 0 Å². The molecule has 2 aromatic heterocycles. The number of imidazole rings is 1. The van der Waals surface area contributed by atoms with Gasteiger partial charge < -0.3 is 9.64 Å². The number of carbonyl (C=O) groups is 1. The first-order valence-electron chi connectivity index (χ1n) is 9.51. The van der Waals surface area contributed by atoms with Crippen molar-refractivity contribution in [1.29, 1.82) is 0 Å². The highest BCUT2D eigenvalue weighted by Gasteiger charge is 2.29. The number of rotatable bonds is 4. The van der Waals surface area contributed by atoms with Crippen LogP contribution in [0.15, 0.2) is 39.9 Å². The van der Waals surface area contributed by atoms with Gasteiger partial charge in [0.15, 0.2) is 16.9 Å². The summed E-state index contributed by atoms with van der Waals surface area (Å²) in [7, 11) is 3.01. The fraction of sp³-hybridized carbons (Fsp3) is 0.400. The first-order chi connectivity index (χ1) is 13.9. The van der Waals surface area contributed by atoms with Gasteiger partial charge in [0, 0.05) is 32.7 Å². The Kier molecular flexibility index (Phi) is 4.83. The molecule has 0 N–H and O–H groups in total. The molecule has 1 aromatic carbocycles. The van der Waals surface area contributed by atoms with Gasteiger partial charge in [0.1, 0.15) is 0 Å². The minimum atomic E-state index is -0.676. The van der Waals surface area contributed by atoms with E-state index in [0.29, 0.717) is 37.8 Å². The number of morpholine rings is 1. The highest BCUT2D eigenvalue weighted by atomic mass is 16.5. The van der Waals surface area contributed by atoms with E-state index in [4.69, 9.17) is 4.74 Å². The van der Waals surface area contributed by atoms with Crippen LogP contribution in [-0.2, 0) is 18.8 Å². The Morgan fingerprint density at radius 1 is 1.07 bits per heavy atom. The predicted octanol–water partition coefficient (Wildman–Crippen LogP) is 0.714. The SMILES string of the molecule is C[C@H](C(=O)c1ccccc1)n1c(N2CCOCC2)nc2c1c(=O)n(C)c(=O)n2C.